The zero-order chi connectivity index (χ0) is 25.6. The molecule has 2 aromatic carbocycles. The van der Waals surface area contributed by atoms with E-state index in [1.54, 1.807) is 6.20 Å². The Labute approximate surface area is 211 Å². The van der Waals surface area contributed by atoms with Gasteiger partial charge in [0.05, 0.1) is 18.2 Å². The van der Waals surface area contributed by atoms with Crippen LogP contribution in [-0.2, 0) is 23.5 Å². The van der Waals surface area contributed by atoms with Crippen molar-refractivity contribution in [1.29, 1.82) is 0 Å². The van der Waals surface area contributed by atoms with Crippen LogP contribution in [0.1, 0.15) is 46.7 Å². The van der Waals surface area contributed by atoms with Crippen LogP contribution in [0.25, 0.3) is 0 Å². The number of pyridine rings is 1. The van der Waals surface area contributed by atoms with E-state index >= 15 is 0 Å². The highest BCUT2D eigenvalue weighted by Crippen LogP contribution is 2.43. The van der Waals surface area contributed by atoms with Crippen molar-refractivity contribution in [2.75, 3.05) is 13.1 Å². The summed E-state index contributed by atoms with van der Waals surface area (Å²) in [6, 6.07) is 12.1. The monoisotopic (exact) mass is 505 g/mol. The molecule has 2 aromatic heterocycles. The smallest absolute Gasteiger partial charge is 0.422 e. The highest BCUT2D eigenvalue weighted by molar-refractivity contribution is 5.37. The Morgan fingerprint density at radius 1 is 1.03 bits per heavy atom. The average molecular weight is 506 g/mol. The largest absolute Gasteiger partial charge is 0.492 e. The molecule has 1 fully saturated rings. The van der Waals surface area contributed by atoms with Crippen LogP contribution in [0.5, 0.6) is 5.88 Å². The van der Waals surface area contributed by atoms with Crippen LogP contribution in [0.15, 0.2) is 76.4 Å². The predicted octanol–water partition coefficient (Wildman–Crippen LogP) is 4.48. The number of fused-ring (bicyclic) bond motifs is 2. The Balaban J connectivity index is 1.21. The molecule has 0 aliphatic carbocycles. The third-order valence-electron chi connectivity index (χ3n) is 7.50. The maximum atomic E-state index is 14.0. The van der Waals surface area contributed by atoms with Gasteiger partial charge in [-0.25, -0.2) is 18.1 Å². The molecule has 1 unspecified atom stereocenters. The van der Waals surface area contributed by atoms with E-state index in [1.165, 1.54) is 17.2 Å². The molecule has 0 bridgehead atoms. The molecule has 4 heterocycles. The third kappa shape index (κ3) is 4.24. The second kappa shape index (κ2) is 9.24. The topological polar surface area (TPSA) is 80.7 Å². The number of oxazole rings is 1. The SMILES string of the molecule is O=c1occ(O)n1C(c1ccc(CN2CCC3(CC2)OCc2ccncc23)cc1)c1ccc(F)c(F)c1. The highest BCUT2D eigenvalue weighted by atomic mass is 19.2. The summed E-state index contributed by atoms with van der Waals surface area (Å²) >= 11 is 0. The summed E-state index contributed by atoms with van der Waals surface area (Å²) < 4.78 is 39.7. The van der Waals surface area contributed by atoms with Gasteiger partial charge in [0.1, 0.15) is 0 Å². The van der Waals surface area contributed by atoms with Crippen LogP contribution in [-0.4, -0.2) is 32.6 Å². The van der Waals surface area contributed by atoms with E-state index in [1.807, 2.05) is 36.5 Å². The van der Waals surface area contributed by atoms with Gasteiger partial charge in [-0.05, 0) is 53.3 Å². The van der Waals surface area contributed by atoms with Crippen molar-refractivity contribution in [3.8, 4) is 5.88 Å². The first kappa shape index (κ1) is 23.6. The number of hydrogen-bond acceptors (Lipinski definition) is 6. The first-order valence-electron chi connectivity index (χ1n) is 12.2. The molecule has 1 N–H and O–H groups in total. The maximum absolute atomic E-state index is 14.0. The van der Waals surface area contributed by atoms with Gasteiger partial charge in [-0.3, -0.25) is 9.88 Å². The number of halogens is 2. The molecule has 6 rings (SSSR count). The van der Waals surface area contributed by atoms with Crippen molar-refractivity contribution in [2.45, 2.75) is 37.6 Å². The number of piperidine rings is 1. The Bertz CT molecular complexity index is 1490. The first-order valence-corrected chi connectivity index (χ1v) is 12.2. The number of aromatic nitrogens is 2. The standard InChI is InChI=1S/C28H25F2N3O4/c29-23-6-5-20(13-24(23)30)26(33-25(34)17-36-27(33)35)19-3-1-18(2-4-19)15-32-11-8-28(9-12-32)22-14-31-10-7-21(22)16-37-28/h1-7,10,13-14,17,26,34H,8-9,11-12,15-16H2. The second-order valence-corrected chi connectivity index (χ2v) is 9.64. The van der Waals surface area contributed by atoms with Gasteiger partial charge in [0.15, 0.2) is 17.9 Å². The van der Waals surface area contributed by atoms with E-state index in [4.69, 9.17) is 9.15 Å². The fraction of sp³-hybridized carbons (Fsp3) is 0.286. The molecule has 1 atom stereocenters. The van der Waals surface area contributed by atoms with Gasteiger partial charge >= 0.3 is 5.76 Å². The van der Waals surface area contributed by atoms with Gasteiger partial charge in [0, 0.05) is 37.6 Å². The fourth-order valence-electron chi connectivity index (χ4n) is 5.52. The van der Waals surface area contributed by atoms with Crippen molar-refractivity contribution in [2.24, 2.45) is 0 Å². The molecule has 1 saturated heterocycles. The van der Waals surface area contributed by atoms with E-state index in [-0.39, 0.29) is 5.60 Å². The fourth-order valence-corrected chi connectivity index (χ4v) is 5.52. The summed E-state index contributed by atoms with van der Waals surface area (Å²) in [7, 11) is 0. The average Bonchev–Trinajstić information content (AvgIpc) is 3.44. The van der Waals surface area contributed by atoms with Crippen molar-refractivity contribution in [3.05, 3.63) is 117 Å². The van der Waals surface area contributed by atoms with E-state index in [0.717, 1.165) is 61.0 Å². The van der Waals surface area contributed by atoms with Crippen LogP contribution >= 0.6 is 0 Å². The number of hydrogen-bond donors (Lipinski definition) is 1. The summed E-state index contributed by atoms with van der Waals surface area (Å²) in [6.45, 7) is 3.13. The molecule has 9 heteroatoms. The normalized spacial score (nSPS) is 17.7. The lowest BCUT2D eigenvalue weighted by molar-refractivity contribution is -0.0800. The molecule has 0 radical (unpaired) electrons. The van der Waals surface area contributed by atoms with E-state index < -0.39 is 29.3 Å². The summed E-state index contributed by atoms with van der Waals surface area (Å²) in [5, 5.41) is 10.2. The van der Waals surface area contributed by atoms with Crippen molar-refractivity contribution >= 4 is 0 Å². The number of benzene rings is 2. The quantitative estimate of drug-likeness (QED) is 0.431. The Morgan fingerprint density at radius 2 is 1.78 bits per heavy atom. The number of aromatic hydroxyl groups is 1. The van der Waals surface area contributed by atoms with E-state index in [9.17, 15) is 18.7 Å². The van der Waals surface area contributed by atoms with E-state index in [0.29, 0.717) is 17.7 Å². The van der Waals surface area contributed by atoms with Crippen molar-refractivity contribution in [1.82, 2.24) is 14.5 Å². The highest BCUT2D eigenvalue weighted by Gasteiger charge is 2.42. The van der Waals surface area contributed by atoms with Gasteiger partial charge in [0.25, 0.3) is 0 Å². The minimum absolute atomic E-state index is 0.249. The lowest BCUT2D eigenvalue weighted by Crippen LogP contribution is -2.42. The van der Waals surface area contributed by atoms with Crippen LogP contribution < -0.4 is 5.76 Å². The molecule has 7 nitrogen and oxygen atoms in total. The predicted molar refractivity (Wildman–Crippen MR) is 130 cm³/mol. The number of nitrogens with zero attached hydrogens (tertiary/aromatic N) is 3. The van der Waals surface area contributed by atoms with Gasteiger partial charge in [0.2, 0.25) is 5.88 Å². The maximum Gasteiger partial charge on any atom is 0.422 e. The number of rotatable bonds is 5. The molecule has 4 aromatic rings. The van der Waals surface area contributed by atoms with Crippen LogP contribution in [0.2, 0.25) is 0 Å². The zero-order valence-corrected chi connectivity index (χ0v) is 19.9. The Hall–Kier alpha value is -3.82. The molecule has 2 aliphatic heterocycles. The molecule has 37 heavy (non-hydrogen) atoms. The zero-order valence-electron chi connectivity index (χ0n) is 19.9. The Morgan fingerprint density at radius 3 is 2.49 bits per heavy atom. The third-order valence-corrected chi connectivity index (χ3v) is 7.50. The van der Waals surface area contributed by atoms with Gasteiger partial charge in [-0.2, -0.15) is 0 Å². The van der Waals surface area contributed by atoms with Crippen LogP contribution in [0.3, 0.4) is 0 Å². The molecule has 0 amide bonds. The molecule has 190 valence electrons. The van der Waals surface area contributed by atoms with Crippen LogP contribution in [0, 0.1) is 11.6 Å². The minimum atomic E-state index is -1.04. The van der Waals surface area contributed by atoms with Crippen molar-refractivity contribution < 1.29 is 23.0 Å². The van der Waals surface area contributed by atoms with E-state index in [2.05, 4.69) is 9.88 Å². The van der Waals surface area contributed by atoms with Crippen LogP contribution in [0.4, 0.5) is 8.78 Å². The summed E-state index contributed by atoms with van der Waals surface area (Å²) in [5.41, 5.74) is 4.17. The van der Waals surface area contributed by atoms with Gasteiger partial charge in [-0.1, -0.05) is 30.3 Å². The number of ether oxygens (including phenoxy) is 1. The number of likely N-dealkylation sites (tertiary alicyclic amines) is 1. The lowest BCUT2D eigenvalue weighted by Gasteiger charge is -2.39. The lowest BCUT2D eigenvalue weighted by atomic mass is 9.84. The summed E-state index contributed by atoms with van der Waals surface area (Å²) in [6.07, 6.45) is 6.45. The van der Waals surface area contributed by atoms with Gasteiger partial charge < -0.3 is 14.3 Å². The minimum Gasteiger partial charge on any atom is -0.492 e. The molecule has 1 spiro atoms. The van der Waals surface area contributed by atoms with Gasteiger partial charge in [-0.15, -0.1) is 0 Å². The van der Waals surface area contributed by atoms with Crippen molar-refractivity contribution in [3.63, 3.8) is 0 Å². The Kier molecular flexibility index (Phi) is 5.89. The second-order valence-electron chi connectivity index (χ2n) is 9.64. The summed E-state index contributed by atoms with van der Waals surface area (Å²) in [5.74, 6) is -3.24. The molecular weight excluding hydrogens is 480 g/mol. The molecule has 2 aliphatic rings. The molecule has 0 saturated carbocycles. The molecular formula is C28H25F2N3O4. The first-order chi connectivity index (χ1) is 17.9. The summed E-state index contributed by atoms with van der Waals surface area (Å²) in [4.78, 5) is 19.0.